The Bertz CT molecular complexity index is 1220. The molecule has 0 saturated heterocycles. The molecule has 2 rings (SSSR count). The van der Waals surface area contributed by atoms with E-state index in [9.17, 15) is 19.5 Å². The van der Waals surface area contributed by atoms with Crippen LogP contribution in [0.2, 0.25) is 0 Å². The highest BCUT2D eigenvalue weighted by atomic mass is 16.6. The number of aliphatic hydroxyl groups is 1. The van der Waals surface area contributed by atoms with Crippen molar-refractivity contribution in [2.24, 2.45) is 0 Å². The summed E-state index contributed by atoms with van der Waals surface area (Å²) in [6.07, 6.45) is -1.32. The fourth-order valence-electron chi connectivity index (χ4n) is 2.53. The summed E-state index contributed by atoms with van der Waals surface area (Å²) in [5.41, 5.74) is 1.69. The second-order valence-corrected chi connectivity index (χ2v) is 8.21. The maximum Gasteiger partial charge on any atom is 0.338 e. The molecule has 0 aromatic heterocycles. The van der Waals surface area contributed by atoms with E-state index in [2.05, 4.69) is 26.3 Å². The van der Waals surface area contributed by atoms with Crippen molar-refractivity contribution in [2.45, 2.75) is 34.0 Å². The van der Waals surface area contributed by atoms with Gasteiger partial charge in [0.1, 0.15) is 23.0 Å². The van der Waals surface area contributed by atoms with E-state index in [0.29, 0.717) is 16.7 Å². The van der Waals surface area contributed by atoms with Gasteiger partial charge in [-0.2, -0.15) is 0 Å². The minimum atomic E-state index is -1.32. The number of aliphatic hydroxyl groups excluding tert-OH is 1. The fourth-order valence-corrected chi connectivity index (χ4v) is 2.53. The van der Waals surface area contributed by atoms with Gasteiger partial charge in [-0.3, -0.25) is 0 Å². The SMILES string of the molecule is C=C(C)C(=O)Oc1cc(OC(=O)C(=C)C)cc(-c2cc(OC(=O)C(=C)C)cc(OC(O)C(=C)C)c2)c1. The molecule has 1 atom stereocenters. The quantitative estimate of drug-likeness (QED) is 0.161. The second-order valence-electron chi connectivity index (χ2n) is 8.21. The van der Waals surface area contributed by atoms with Crippen molar-refractivity contribution in [3.63, 3.8) is 0 Å². The number of carbonyl (C=O) groups excluding carboxylic acids is 3. The van der Waals surface area contributed by atoms with Crippen molar-refractivity contribution in [1.82, 2.24) is 0 Å². The molecule has 0 bridgehead atoms. The lowest BCUT2D eigenvalue weighted by Gasteiger charge is -2.16. The monoisotopic (exact) mass is 492 g/mol. The first-order valence-electron chi connectivity index (χ1n) is 10.7. The number of rotatable bonds is 10. The molecule has 2 aromatic carbocycles. The fraction of sp³-hybridized carbons (Fsp3) is 0.179. The molecule has 8 nitrogen and oxygen atoms in total. The lowest BCUT2D eigenvalue weighted by Crippen LogP contribution is -2.16. The third-order valence-electron chi connectivity index (χ3n) is 4.44. The van der Waals surface area contributed by atoms with Crippen LogP contribution in [0.4, 0.5) is 0 Å². The highest BCUT2D eigenvalue weighted by Gasteiger charge is 2.16. The Hall–Kier alpha value is -4.43. The van der Waals surface area contributed by atoms with Crippen LogP contribution in [-0.4, -0.2) is 29.3 Å². The van der Waals surface area contributed by atoms with Crippen LogP contribution in [0, 0.1) is 0 Å². The van der Waals surface area contributed by atoms with Crippen LogP contribution in [0.5, 0.6) is 23.0 Å². The van der Waals surface area contributed by atoms with Crippen molar-refractivity contribution in [3.8, 4) is 34.1 Å². The molecular formula is C28H28O8. The average Bonchev–Trinajstić information content (AvgIpc) is 2.78. The van der Waals surface area contributed by atoms with Crippen molar-refractivity contribution in [2.75, 3.05) is 0 Å². The Morgan fingerprint density at radius 2 is 0.917 bits per heavy atom. The van der Waals surface area contributed by atoms with E-state index >= 15 is 0 Å². The normalized spacial score (nSPS) is 11.0. The van der Waals surface area contributed by atoms with Crippen LogP contribution >= 0.6 is 0 Å². The molecule has 0 aliphatic rings. The van der Waals surface area contributed by atoms with E-state index in [1.54, 1.807) is 13.0 Å². The molecular weight excluding hydrogens is 464 g/mol. The van der Waals surface area contributed by atoms with Crippen LogP contribution in [0.15, 0.2) is 85.0 Å². The molecule has 0 aliphatic heterocycles. The van der Waals surface area contributed by atoms with E-state index in [1.807, 2.05) is 0 Å². The van der Waals surface area contributed by atoms with Crippen LogP contribution in [0.3, 0.4) is 0 Å². The molecule has 2 aromatic rings. The number of hydrogen-bond acceptors (Lipinski definition) is 8. The zero-order chi connectivity index (χ0) is 27.2. The summed E-state index contributed by atoms with van der Waals surface area (Å²) in [5.74, 6) is -1.65. The maximum atomic E-state index is 12.1. The first-order valence-corrected chi connectivity index (χ1v) is 10.7. The molecule has 0 aliphatic carbocycles. The van der Waals surface area contributed by atoms with Gasteiger partial charge < -0.3 is 24.1 Å². The van der Waals surface area contributed by atoms with Gasteiger partial charge >= 0.3 is 17.9 Å². The number of benzene rings is 2. The average molecular weight is 493 g/mol. The van der Waals surface area contributed by atoms with E-state index in [1.165, 1.54) is 51.1 Å². The van der Waals surface area contributed by atoms with E-state index < -0.39 is 24.2 Å². The Morgan fingerprint density at radius 3 is 1.22 bits per heavy atom. The number of carbonyl (C=O) groups is 3. The molecule has 0 heterocycles. The second kappa shape index (κ2) is 11.8. The Balaban J connectivity index is 2.65. The van der Waals surface area contributed by atoms with Crippen LogP contribution in [0.1, 0.15) is 27.7 Å². The minimum Gasteiger partial charge on any atom is -0.461 e. The Kier molecular flexibility index (Phi) is 9.13. The van der Waals surface area contributed by atoms with Gasteiger partial charge in [0.2, 0.25) is 6.29 Å². The van der Waals surface area contributed by atoms with Crippen molar-refractivity contribution >= 4 is 17.9 Å². The van der Waals surface area contributed by atoms with E-state index in [-0.39, 0.29) is 39.7 Å². The molecule has 0 fully saturated rings. The Morgan fingerprint density at radius 1 is 0.611 bits per heavy atom. The van der Waals surface area contributed by atoms with Crippen LogP contribution in [0.25, 0.3) is 11.1 Å². The predicted octanol–water partition coefficient (Wildman–Crippen LogP) is 5.07. The third-order valence-corrected chi connectivity index (χ3v) is 4.44. The van der Waals surface area contributed by atoms with Crippen molar-refractivity contribution in [3.05, 3.63) is 85.0 Å². The highest BCUT2D eigenvalue weighted by molar-refractivity contribution is 5.91. The van der Waals surface area contributed by atoms with Gasteiger partial charge in [0, 0.05) is 28.9 Å². The first-order chi connectivity index (χ1) is 16.8. The summed E-state index contributed by atoms with van der Waals surface area (Å²) in [6, 6.07) is 8.86. The summed E-state index contributed by atoms with van der Waals surface area (Å²) < 4.78 is 21.6. The zero-order valence-electron chi connectivity index (χ0n) is 20.7. The number of hydrogen-bond donors (Lipinski definition) is 1. The molecule has 36 heavy (non-hydrogen) atoms. The molecule has 0 spiro atoms. The van der Waals surface area contributed by atoms with E-state index in [4.69, 9.17) is 18.9 Å². The maximum absolute atomic E-state index is 12.1. The minimum absolute atomic E-state index is 0.0683. The van der Waals surface area contributed by atoms with E-state index in [0.717, 1.165) is 0 Å². The molecule has 0 radical (unpaired) electrons. The smallest absolute Gasteiger partial charge is 0.338 e. The summed E-state index contributed by atoms with van der Waals surface area (Å²) >= 11 is 0. The summed E-state index contributed by atoms with van der Waals surface area (Å²) in [7, 11) is 0. The van der Waals surface area contributed by atoms with Crippen molar-refractivity contribution < 1.29 is 38.4 Å². The van der Waals surface area contributed by atoms with Gasteiger partial charge in [-0.1, -0.05) is 26.3 Å². The van der Waals surface area contributed by atoms with Gasteiger partial charge in [0.25, 0.3) is 0 Å². The summed E-state index contributed by atoms with van der Waals surface area (Å²) in [5, 5.41) is 10.1. The van der Waals surface area contributed by atoms with Gasteiger partial charge in [-0.15, -0.1) is 0 Å². The first kappa shape index (κ1) is 27.8. The number of ether oxygens (including phenoxy) is 4. The van der Waals surface area contributed by atoms with Gasteiger partial charge in [0.15, 0.2) is 0 Å². The van der Waals surface area contributed by atoms with Gasteiger partial charge in [0.05, 0.1) is 0 Å². The zero-order valence-corrected chi connectivity index (χ0v) is 20.7. The van der Waals surface area contributed by atoms with Gasteiger partial charge in [-0.25, -0.2) is 14.4 Å². The molecule has 1 unspecified atom stereocenters. The summed E-state index contributed by atoms with van der Waals surface area (Å²) in [4.78, 5) is 36.4. The molecule has 188 valence electrons. The molecule has 8 heteroatoms. The largest absolute Gasteiger partial charge is 0.461 e. The van der Waals surface area contributed by atoms with Crippen LogP contribution < -0.4 is 18.9 Å². The van der Waals surface area contributed by atoms with Gasteiger partial charge in [-0.05, 0) is 68.7 Å². The Labute approximate surface area is 209 Å². The molecule has 1 N–H and O–H groups in total. The predicted molar refractivity (Wildman–Crippen MR) is 135 cm³/mol. The standard InChI is InChI=1S/C28H28O8/c1-15(2)25(29)33-21-9-19(10-22(13-21)34-26(30)16(3)4)20-11-23(35-27(31)17(5)6)14-24(12-20)36-28(32)18(7)8/h9-14,25,29H,1,3,5,7H2,2,4,6,8H3. The highest BCUT2D eigenvalue weighted by Crippen LogP contribution is 2.35. The van der Waals surface area contributed by atoms with Crippen LogP contribution in [-0.2, 0) is 14.4 Å². The lowest BCUT2D eigenvalue weighted by molar-refractivity contribution is -0.131. The lowest BCUT2D eigenvalue weighted by atomic mass is 10.0. The topological polar surface area (TPSA) is 108 Å². The van der Waals surface area contributed by atoms with Crippen molar-refractivity contribution in [1.29, 1.82) is 0 Å². The number of esters is 3. The molecule has 0 saturated carbocycles. The molecule has 0 amide bonds. The third kappa shape index (κ3) is 7.82. The summed E-state index contributed by atoms with van der Waals surface area (Å²) in [6.45, 7) is 20.4.